The van der Waals surface area contributed by atoms with Crippen LogP contribution in [0.2, 0.25) is 6.32 Å². The maximum Gasteiger partial charge on any atom is 0.151 e. The first-order chi connectivity index (χ1) is 5.72. The lowest BCUT2D eigenvalue weighted by Gasteiger charge is -2.02. The molecule has 12 heavy (non-hydrogen) atoms. The van der Waals surface area contributed by atoms with E-state index in [9.17, 15) is 0 Å². The summed E-state index contributed by atoms with van der Waals surface area (Å²) in [5.41, 5.74) is 4.09. The van der Waals surface area contributed by atoms with Crippen molar-refractivity contribution in [3.8, 4) is 0 Å². The molecule has 0 N–H and O–H groups in total. The van der Waals surface area contributed by atoms with Crippen LogP contribution in [0, 0.1) is 13.8 Å². The first-order valence-corrected chi connectivity index (χ1v) is 4.64. The Balaban J connectivity index is 2.72. The molecule has 0 aromatic heterocycles. The third-order valence-corrected chi connectivity index (χ3v) is 1.91. The van der Waals surface area contributed by atoms with Gasteiger partial charge in [-0.1, -0.05) is 54.5 Å². The lowest BCUT2D eigenvalue weighted by Crippen LogP contribution is -2.13. The molecule has 0 unspecified atom stereocenters. The lowest BCUT2D eigenvalue weighted by atomic mass is 9.66. The zero-order chi connectivity index (χ0) is 8.97. The fraction of sp³-hybridized carbons (Fsp3) is 0.455. The molecule has 63 valence electrons. The molecule has 1 rings (SSSR count). The number of hydrogen-bond acceptors (Lipinski definition) is 0. The second kappa shape index (κ2) is 4.35. The Morgan fingerprint density at radius 2 is 1.67 bits per heavy atom. The Bertz CT molecular complexity index is 233. The smallest absolute Gasteiger partial charge is 0.0873 e. The molecule has 0 atom stereocenters. The molecule has 0 aliphatic heterocycles. The largest absolute Gasteiger partial charge is 0.151 e. The topological polar surface area (TPSA) is 0 Å². The van der Waals surface area contributed by atoms with Crippen molar-refractivity contribution in [2.75, 3.05) is 0 Å². The normalized spacial score (nSPS) is 9.92. The summed E-state index contributed by atoms with van der Waals surface area (Å²) in [5.74, 6) is 0. The molecule has 0 aliphatic carbocycles. The van der Waals surface area contributed by atoms with E-state index in [1.54, 1.807) is 0 Å². The zero-order valence-electron chi connectivity index (χ0n) is 8.22. The highest BCUT2D eigenvalue weighted by Crippen LogP contribution is 2.00. The van der Waals surface area contributed by atoms with Gasteiger partial charge in [0.05, 0.1) is 0 Å². The maximum absolute atomic E-state index is 2.31. The van der Waals surface area contributed by atoms with Crippen molar-refractivity contribution in [3.63, 3.8) is 0 Å². The van der Waals surface area contributed by atoms with Crippen molar-refractivity contribution in [2.45, 2.75) is 33.5 Å². The van der Waals surface area contributed by atoms with Gasteiger partial charge in [0.2, 0.25) is 0 Å². The summed E-state index contributed by atoms with van der Waals surface area (Å²) in [6.45, 7) is 6.51. The van der Waals surface area contributed by atoms with Gasteiger partial charge in [0, 0.05) is 0 Å². The highest BCUT2D eigenvalue weighted by molar-refractivity contribution is 6.53. The van der Waals surface area contributed by atoms with Crippen molar-refractivity contribution in [3.05, 3.63) is 29.3 Å². The SMILES string of the molecule is CCC[B]c1cc(C)cc(C)c1. The molecule has 1 aromatic rings. The van der Waals surface area contributed by atoms with Gasteiger partial charge in [0.25, 0.3) is 0 Å². The van der Waals surface area contributed by atoms with Crippen molar-refractivity contribution >= 4 is 12.7 Å². The molecule has 0 spiro atoms. The Morgan fingerprint density at radius 3 is 2.17 bits per heavy atom. The van der Waals surface area contributed by atoms with Gasteiger partial charge in [0.1, 0.15) is 0 Å². The van der Waals surface area contributed by atoms with Crippen molar-refractivity contribution in [2.24, 2.45) is 0 Å². The van der Waals surface area contributed by atoms with Gasteiger partial charge in [0.15, 0.2) is 7.28 Å². The van der Waals surface area contributed by atoms with Gasteiger partial charge in [-0.2, -0.15) is 0 Å². The molecule has 0 saturated heterocycles. The molecule has 1 heteroatoms. The predicted octanol–water partition coefficient (Wildman–Crippen LogP) is 2.46. The quantitative estimate of drug-likeness (QED) is 0.594. The van der Waals surface area contributed by atoms with Gasteiger partial charge in [-0.3, -0.25) is 0 Å². The lowest BCUT2D eigenvalue weighted by molar-refractivity contribution is 1.08. The van der Waals surface area contributed by atoms with Crippen LogP contribution in [0.3, 0.4) is 0 Å². The van der Waals surface area contributed by atoms with Crippen LogP contribution < -0.4 is 5.46 Å². The summed E-state index contributed by atoms with van der Waals surface area (Å²) in [7, 11) is 2.31. The number of benzene rings is 1. The second-order valence-electron chi connectivity index (χ2n) is 3.41. The van der Waals surface area contributed by atoms with Gasteiger partial charge < -0.3 is 0 Å². The van der Waals surface area contributed by atoms with Crippen LogP contribution in [0.1, 0.15) is 24.5 Å². The summed E-state index contributed by atoms with van der Waals surface area (Å²) in [5, 5.41) is 0. The van der Waals surface area contributed by atoms with Gasteiger partial charge >= 0.3 is 0 Å². The number of hydrogen-bond donors (Lipinski definition) is 0. The van der Waals surface area contributed by atoms with E-state index in [1.807, 2.05) is 0 Å². The summed E-state index contributed by atoms with van der Waals surface area (Å²) in [6, 6.07) is 6.69. The Hall–Kier alpha value is -0.715. The molecular weight excluding hydrogens is 143 g/mol. The molecule has 0 heterocycles. The standard InChI is InChI=1S/C11H16B/c1-4-5-12-11-7-9(2)6-10(3)8-11/h6-8H,4-5H2,1-3H3. The van der Waals surface area contributed by atoms with Crippen molar-refractivity contribution in [1.82, 2.24) is 0 Å². The minimum absolute atomic E-state index is 1.18. The van der Waals surface area contributed by atoms with Crippen LogP contribution in [-0.2, 0) is 0 Å². The highest BCUT2D eigenvalue weighted by atomic mass is 13.9. The molecule has 0 saturated carbocycles. The van der Waals surface area contributed by atoms with E-state index in [1.165, 1.54) is 29.3 Å². The summed E-state index contributed by atoms with van der Waals surface area (Å²) in [6.07, 6.45) is 2.41. The van der Waals surface area contributed by atoms with E-state index in [0.29, 0.717) is 0 Å². The van der Waals surface area contributed by atoms with Crippen LogP contribution in [0.15, 0.2) is 18.2 Å². The monoisotopic (exact) mass is 159 g/mol. The van der Waals surface area contributed by atoms with Crippen molar-refractivity contribution in [1.29, 1.82) is 0 Å². The van der Waals surface area contributed by atoms with Gasteiger partial charge in [-0.05, 0) is 13.8 Å². The van der Waals surface area contributed by atoms with Crippen molar-refractivity contribution < 1.29 is 0 Å². The molecule has 1 aromatic carbocycles. The number of rotatable bonds is 3. The van der Waals surface area contributed by atoms with E-state index in [-0.39, 0.29) is 0 Å². The summed E-state index contributed by atoms with van der Waals surface area (Å²) in [4.78, 5) is 0. The fourth-order valence-electron chi connectivity index (χ4n) is 1.44. The Morgan fingerprint density at radius 1 is 1.08 bits per heavy atom. The van der Waals surface area contributed by atoms with Crippen LogP contribution >= 0.6 is 0 Å². The zero-order valence-corrected chi connectivity index (χ0v) is 8.22. The molecule has 0 fully saturated rings. The van der Waals surface area contributed by atoms with Crippen LogP contribution in [0.5, 0.6) is 0 Å². The minimum Gasteiger partial charge on any atom is -0.0873 e. The average molecular weight is 159 g/mol. The highest BCUT2D eigenvalue weighted by Gasteiger charge is 1.96. The van der Waals surface area contributed by atoms with E-state index in [2.05, 4.69) is 46.2 Å². The molecular formula is C11H16B. The van der Waals surface area contributed by atoms with Crippen LogP contribution in [-0.4, -0.2) is 7.28 Å². The predicted molar refractivity (Wildman–Crippen MR) is 56.4 cm³/mol. The third kappa shape index (κ3) is 2.73. The molecule has 0 bridgehead atoms. The second-order valence-corrected chi connectivity index (χ2v) is 3.41. The third-order valence-electron chi connectivity index (χ3n) is 1.91. The van der Waals surface area contributed by atoms with E-state index >= 15 is 0 Å². The van der Waals surface area contributed by atoms with Gasteiger partial charge in [-0.15, -0.1) is 0 Å². The Kier molecular flexibility index (Phi) is 3.39. The van der Waals surface area contributed by atoms with Crippen LogP contribution in [0.4, 0.5) is 0 Å². The average Bonchev–Trinajstić information content (AvgIpc) is 1.99. The van der Waals surface area contributed by atoms with E-state index in [0.717, 1.165) is 0 Å². The molecule has 0 nitrogen and oxygen atoms in total. The van der Waals surface area contributed by atoms with Crippen LogP contribution in [0.25, 0.3) is 0 Å². The number of aryl methyl sites for hydroxylation is 2. The first kappa shape index (κ1) is 9.37. The minimum atomic E-state index is 1.18. The molecule has 1 radical (unpaired) electrons. The maximum atomic E-state index is 2.31. The Labute approximate surface area is 76.2 Å². The first-order valence-electron chi connectivity index (χ1n) is 4.64. The summed E-state index contributed by atoms with van der Waals surface area (Å²) < 4.78 is 0. The van der Waals surface area contributed by atoms with Gasteiger partial charge in [-0.25, -0.2) is 0 Å². The summed E-state index contributed by atoms with van der Waals surface area (Å²) >= 11 is 0. The van der Waals surface area contributed by atoms with E-state index in [4.69, 9.17) is 0 Å². The van der Waals surface area contributed by atoms with E-state index < -0.39 is 0 Å². The fourth-order valence-corrected chi connectivity index (χ4v) is 1.44. The molecule has 0 aliphatic rings. The molecule has 0 amide bonds.